The molecular formula is C21H18BrCl2NO3S. The molecule has 4 nitrogen and oxygen atoms in total. The van der Waals surface area contributed by atoms with Gasteiger partial charge in [0.05, 0.1) is 22.1 Å². The summed E-state index contributed by atoms with van der Waals surface area (Å²) in [5, 5.41) is 0.729. The van der Waals surface area contributed by atoms with Crippen LogP contribution in [0, 0.1) is 6.92 Å². The predicted molar refractivity (Wildman–Crippen MR) is 110 cm³/mol. The Morgan fingerprint density at radius 1 is 1.10 bits per heavy atom. The average molecular weight is 515 g/mol. The molecule has 0 amide bonds. The summed E-state index contributed by atoms with van der Waals surface area (Å²) >= 11 is 13.4. The van der Waals surface area contributed by atoms with Gasteiger partial charge in [0, 0.05) is 23.9 Å². The molecule has 2 aromatic carbocycles. The largest absolute Gasteiger partial charge is 1.00 e. The fraction of sp³-hybridized carbons (Fsp3) is 0.190. The van der Waals surface area contributed by atoms with E-state index in [2.05, 4.69) is 0 Å². The molecule has 0 aliphatic carbocycles. The molecule has 0 N–H and O–H groups in total. The number of carbonyl (C=O) groups is 2. The van der Waals surface area contributed by atoms with Crippen LogP contribution in [0.3, 0.4) is 0 Å². The van der Waals surface area contributed by atoms with Crippen LogP contribution in [0.2, 0.25) is 10.0 Å². The number of Topliss-reactive ketones (excluding diaryl/α,β-unsaturated/α-hetero) is 1. The van der Waals surface area contributed by atoms with Crippen LogP contribution < -0.4 is 21.5 Å². The van der Waals surface area contributed by atoms with Crippen molar-refractivity contribution in [3.8, 4) is 0 Å². The van der Waals surface area contributed by atoms with Crippen LogP contribution in [0.25, 0.3) is 0 Å². The number of aromatic nitrogens is 1. The maximum Gasteiger partial charge on any atom is 0.339 e. The van der Waals surface area contributed by atoms with E-state index >= 15 is 0 Å². The van der Waals surface area contributed by atoms with E-state index in [-0.39, 0.29) is 46.5 Å². The summed E-state index contributed by atoms with van der Waals surface area (Å²) in [7, 11) is 0. The summed E-state index contributed by atoms with van der Waals surface area (Å²) in [6.45, 7) is 2.47. The number of thiazole rings is 1. The van der Waals surface area contributed by atoms with Crippen molar-refractivity contribution in [1.82, 2.24) is 0 Å². The second-order valence-corrected chi connectivity index (χ2v) is 7.94. The lowest BCUT2D eigenvalue weighted by Crippen LogP contribution is -3.00. The van der Waals surface area contributed by atoms with Gasteiger partial charge in [-0.3, -0.25) is 4.79 Å². The normalized spacial score (nSPS) is 10.3. The molecule has 0 atom stereocenters. The van der Waals surface area contributed by atoms with Gasteiger partial charge in [-0.15, -0.1) is 0 Å². The topological polar surface area (TPSA) is 47.2 Å². The first kappa shape index (κ1) is 23.5. The van der Waals surface area contributed by atoms with E-state index in [9.17, 15) is 9.59 Å². The second kappa shape index (κ2) is 10.9. The van der Waals surface area contributed by atoms with Gasteiger partial charge in [-0.25, -0.2) is 4.79 Å². The van der Waals surface area contributed by atoms with Gasteiger partial charge in [-0.1, -0.05) is 64.9 Å². The minimum absolute atomic E-state index is 0. The first-order valence-electron chi connectivity index (χ1n) is 8.62. The standard InChI is InChI=1S/C21H18Cl2NO3S.BrH/c1-14-20(9-10-27-21(26)17-8-7-16(22)11-18(17)23)28-13-24(14)12-19(25)15-5-3-2-4-6-15;/h2-8,11,13H,9-10,12H2,1H3;1H/q+1;/p-1. The van der Waals surface area contributed by atoms with Crippen LogP contribution in [0.15, 0.2) is 54.0 Å². The molecule has 0 aliphatic rings. The highest BCUT2D eigenvalue weighted by atomic mass is 79.9. The lowest BCUT2D eigenvalue weighted by Gasteiger charge is -2.06. The van der Waals surface area contributed by atoms with Crippen LogP contribution in [-0.2, 0) is 17.7 Å². The zero-order valence-corrected chi connectivity index (χ0v) is 19.4. The van der Waals surface area contributed by atoms with E-state index in [1.54, 1.807) is 23.5 Å². The molecule has 1 aromatic heterocycles. The molecule has 3 aromatic rings. The van der Waals surface area contributed by atoms with E-state index in [0.717, 1.165) is 10.6 Å². The highest BCUT2D eigenvalue weighted by molar-refractivity contribution is 7.09. The molecule has 0 saturated heterocycles. The molecule has 0 radical (unpaired) electrons. The van der Waals surface area contributed by atoms with Crippen molar-refractivity contribution in [3.05, 3.63) is 85.8 Å². The van der Waals surface area contributed by atoms with Gasteiger partial charge in [0.15, 0.2) is 5.69 Å². The third-order valence-corrected chi connectivity index (χ3v) is 5.97. The Hall–Kier alpha value is -1.73. The minimum Gasteiger partial charge on any atom is -1.00 e. The molecule has 0 fully saturated rings. The number of nitrogens with zero attached hydrogens (tertiary/aromatic N) is 1. The maximum absolute atomic E-state index is 12.4. The monoisotopic (exact) mass is 513 g/mol. The number of benzene rings is 2. The molecule has 0 unspecified atom stereocenters. The zero-order valence-electron chi connectivity index (χ0n) is 15.5. The Balaban J connectivity index is 0.00000300. The summed E-state index contributed by atoms with van der Waals surface area (Å²) < 4.78 is 7.26. The number of carbonyl (C=O) groups excluding carboxylic acids is 2. The van der Waals surface area contributed by atoms with E-state index in [0.29, 0.717) is 17.0 Å². The summed E-state index contributed by atoms with van der Waals surface area (Å²) in [5.74, 6) is -0.426. The maximum atomic E-state index is 12.4. The Kier molecular flexibility index (Phi) is 8.83. The number of ether oxygens (including phenoxy) is 1. The lowest BCUT2D eigenvalue weighted by molar-refractivity contribution is -0.684. The Morgan fingerprint density at radius 2 is 1.83 bits per heavy atom. The molecule has 0 spiro atoms. The van der Waals surface area contributed by atoms with Crippen LogP contribution >= 0.6 is 34.5 Å². The lowest BCUT2D eigenvalue weighted by atomic mass is 10.1. The average Bonchev–Trinajstić information content (AvgIpc) is 3.02. The van der Waals surface area contributed by atoms with Gasteiger partial charge < -0.3 is 21.7 Å². The van der Waals surface area contributed by atoms with Crippen molar-refractivity contribution < 1.29 is 35.9 Å². The van der Waals surface area contributed by atoms with E-state index in [1.165, 1.54) is 6.07 Å². The van der Waals surface area contributed by atoms with Gasteiger partial charge in [0.2, 0.25) is 17.8 Å². The molecule has 8 heteroatoms. The molecular weight excluding hydrogens is 497 g/mol. The fourth-order valence-corrected chi connectivity index (χ4v) is 4.15. The van der Waals surface area contributed by atoms with Crippen molar-refractivity contribution in [1.29, 1.82) is 0 Å². The fourth-order valence-electron chi connectivity index (χ4n) is 2.69. The third kappa shape index (κ3) is 6.12. The number of halogens is 3. The first-order valence-corrected chi connectivity index (χ1v) is 10.3. The SMILES string of the molecule is Cc1c(CCOC(=O)c2ccc(Cl)cc2Cl)sc[n+]1CC(=O)c1ccccc1.[Br-]. The quantitative estimate of drug-likeness (QED) is 0.275. The Labute approximate surface area is 193 Å². The first-order chi connectivity index (χ1) is 13.5. The molecule has 0 bridgehead atoms. The van der Waals surface area contributed by atoms with E-state index in [4.69, 9.17) is 27.9 Å². The number of hydrogen-bond acceptors (Lipinski definition) is 4. The third-order valence-electron chi connectivity index (χ3n) is 4.28. The number of hydrogen-bond donors (Lipinski definition) is 0. The highest BCUT2D eigenvalue weighted by Gasteiger charge is 2.20. The van der Waals surface area contributed by atoms with Crippen molar-refractivity contribution in [2.75, 3.05) is 6.61 Å². The van der Waals surface area contributed by atoms with Crippen LogP contribution in [-0.4, -0.2) is 18.4 Å². The van der Waals surface area contributed by atoms with E-state index < -0.39 is 5.97 Å². The summed E-state index contributed by atoms with van der Waals surface area (Å²) in [4.78, 5) is 25.6. The van der Waals surface area contributed by atoms with Crippen LogP contribution in [0.1, 0.15) is 31.3 Å². The van der Waals surface area contributed by atoms with Crippen LogP contribution in [0.4, 0.5) is 0 Å². The molecule has 0 saturated carbocycles. The second-order valence-electron chi connectivity index (χ2n) is 6.16. The molecule has 1 heterocycles. The summed E-state index contributed by atoms with van der Waals surface area (Å²) in [6, 6.07) is 13.9. The summed E-state index contributed by atoms with van der Waals surface area (Å²) in [5.41, 5.74) is 3.90. The van der Waals surface area contributed by atoms with Crippen molar-refractivity contribution in [3.63, 3.8) is 0 Å². The molecule has 152 valence electrons. The number of ketones is 1. The van der Waals surface area contributed by atoms with Gasteiger partial charge >= 0.3 is 5.97 Å². The Bertz CT molecular complexity index is 1010. The van der Waals surface area contributed by atoms with Gasteiger partial charge in [-0.2, -0.15) is 4.57 Å². The van der Waals surface area contributed by atoms with Gasteiger partial charge in [0.25, 0.3) is 0 Å². The molecule has 29 heavy (non-hydrogen) atoms. The van der Waals surface area contributed by atoms with E-state index in [1.807, 2.05) is 47.3 Å². The van der Waals surface area contributed by atoms with Crippen molar-refractivity contribution in [2.24, 2.45) is 0 Å². The Morgan fingerprint density at radius 3 is 2.52 bits per heavy atom. The number of esters is 1. The van der Waals surface area contributed by atoms with Gasteiger partial charge in [0.1, 0.15) is 0 Å². The summed E-state index contributed by atoms with van der Waals surface area (Å²) in [6.07, 6.45) is 0.569. The highest BCUT2D eigenvalue weighted by Crippen LogP contribution is 2.22. The van der Waals surface area contributed by atoms with Crippen LogP contribution in [0.5, 0.6) is 0 Å². The molecule has 3 rings (SSSR count). The van der Waals surface area contributed by atoms with Gasteiger partial charge in [-0.05, 0) is 18.2 Å². The predicted octanol–water partition coefficient (Wildman–Crippen LogP) is 1.94. The van der Waals surface area contributed by atoms with Crippen molar-refractivity contribution in [2.45, 2.75) is 19.9 Å². The minimum atomic E-state index is -0.483. The molecule has 0 aliphatic heterocycles. The van der Waals surface area contributed by atoms with Crippen molar-refractivity contribution >= 4 is 46.3 Å². The smallest absolute Gasteiger partial charge is 0.339 e. The number of rotatable bonds is 7. The zero-order chi connectivity index (χ0) is 20.1.